The van der Waals surface area contributed by atoms with E-state index in [2.05, 4.69) is 0 Å². The van der Waals surface area contributed by atoms with Gasteiger partial charge in [-0.2, -0.15) is 0 Å². The summed E-state index contributed by atoms with van der Waals surface area (Å²) in [5.74, 6) is -1.23. The molecule has 0 spiro atoms. The van der Waals surface area contributed by atoms with Crippen molar-refractivity contribution in [2.45, 2.75) is 11.5 Å². The summed E-state index contributed by atoms with van der Waals surface area (Å²) in [6.45, 7) is 0. The molecule has 2 rings (SSSR count). The van der Waals surface area contributed by atoms with E-state index in [4.69, 9.17) is 5.11 Å². The van der Waals surface area contributed by atoms with Gasteiger partial charge in [0.15, 0.2) is 5.60 Å². The summed E-state index contributed by atoms with van der Waals surface area (Å²) in [5.41, 5.74) is -0.784. The van der Waals surface area contributed by atoms with Crippen molar-refractivity contribution >= 4 is 5.97 Å². The smallest absolute Gasteiger partial charge is 0.343 e. The molecule has 3 nitrogen and oxygen atoms in total. The van der Waals surface area contributed by atoms with E-state index in [1.807, 2.05) is 30.3 Å². The molecule has 0 fully saturated rings. The highest BCUT2D eigenvalue weighted by Crippen LogP contribution is 2.26. The molecule has 0 atom stereocenters. The van der Waals surface area contributed by atoms with Crippen LogP contribution in [-0.2, 0) is 4.79 Å². The third-order valence-electron chi connectivity index (χ3n) is 2.64. The summed E-state index contributed by atoms with van der Waals surface area (Å²) < 4.78 is 0. The summed E-state index contributed by atoms with van der Waals surface area (Å²) in [4.78, 5) is 10.8. The van der Waals surface area contributed by atoms with Crippen molar-refractivity contribution < 1.29 is 15.0 Å². The Morgan fingerprint density at radius 2 is 1.69 bits per heavy atom. The second-order valence-corrected chi connectivity index (χ2v) is 3.79. The zero-order valence-corrected chi connectivity index (χ0v) is 8.58. The highest BCUT2D eigenvalue weighted by molar-refractivity contribution is 5.83. The maximum Gasteiger partial charge on any atom is 0.343 e. The van der Waals surface area contributed by atoms with Crippen molar-refractivity contribution in [2.24, 2.45) is 0 Å². The van der Waals surface area contributed by atoms with Gasteiger partial charge in [-0.05, 0) is 17.7 Å². The van der Waals surface area contributed by atoms with Gasteiger partial charge in [0.25, 0.3) is 0 Å². The van der Waals surface area contributed by atoms with E-state index < -0.39 is 11.6 Å². The standard InChI is InChI=1S/C13H12O3/c14-12(15)13(16)8-6-11(7-9-13)10-4-2-1-3-5-10/h1-9,11,16H,(H,14,15). The third-order valence-corrected chi connectivity index (χ3v) is 2.64. The van der Waals surface area contributed by atoms with Gasteiger partial charge in [-0.15, -0.1) is 0 Å². The van der Waals surface area contributed by atoms with Crippen molar-refractivity contribution in [1.82, 2.24) is 0 Å². The summed E-state index contributed by atoms with van der Waals surface area (Å²) >= 11 is 0. The molecule has 0 aromatic heterocycles. The third kappa shape index (κ3) is 1.90. The Morgan fingerprint density at radius 1 is 1.12 bits per heavy atom. The molecule has 0 heterocycles. The van der Waals surface area contributed by atoms with Gasteiger partial charge in [0.05, 0.1) is 0 Å². The first kappa shape index (κ1) is 10.6. The quantitative estimate of drug-likeness (QED) is 0.740. The molecule has 0 unspecified atom stereocenters. The van der Waals surface area contributed by atoms with E-state index in [1.54, 1.807) is 12.2 Å². The zero-order valence-electron chi connectivity index (χ0n) is 8.58. The first-order valence-corrected chi connectivity index (χ1v) is 5.01. The fourth-order valence-corrected chi connectivity index (χ4v) is 1.66. The fraction of sp³-hybridized carbons (Fsp3) is 0.154. The van der Waals surface area contributed by atoms with Crippen molar-refractivity contribution in [3.8, 4) is 0 Å². The lowest BCUT2D eigenvalue weighted by atomic mass is 9.88. The van der Waals surface area contributed by atoms with E-state index in [-0.39, 0.29) is 5.92 Å². The van der Waals surface area contributed by atoms with Gasteiger partial charge >= 0.3 is 5.97 Å². The number of rotatable bonds is 2. The van der Waals surface area contributed by atoms with Crippen LogP contribution >= 0.6 is 0 Å². The number of hydrogen-bond donors (Lipinski definition) is 2. The van der Waals surface area contributed by atoms with Crippen LogP contribution in [-0.4, -0.2) is 21.8 Å². The molecular formula is C13H12O3. The molecule has 0 aliphatic heterocycles. The Balaban J connectivity index is 2.22. The molecule has 16 heavy (non-hydrogen) atoms. The largest absolute Gasteiger partial charge is 0.479 e. The molecule has 3 heteroatoms. The maximum atomic E-state index is 10.8. The Kier molecular flexibility index (Phi) is 2.62. The lowest BCUT2D eigenvalue weighted by Gasteiger charge is -2.21. The normalized spacial score (nSPS) is 27.9. The molecule has 1 aliphatic carbocycles. The molecule has 0 bridgehead atoms. The number of carbonyl (C=O) groups is 1. The van der Waals surface area contributed by atoms with Crippen molar-refractivity contribution in [3.63, 3.8) is 0 Å². The topological polar surface area (TPSA) is 57.5 Å². The van der Waals surface area contributed by atoms with Crippen LogP contribution in [0.25, 0.3) is 0 Å². The second kappa shape index (κ2) is 3.94. The maximum absolute atomic E-state index is 10.8. The number of benzene rings is 1. The van der Waals surface area contributed by atoms with Crippen LogP contribution in [0.4, 0.5) is 0 Å². The predicted octanol–water partition coefficient (Wildman–Crippen LogP) is 1.71. The van der Waals surface area contributed by atoms with Crippen molar-refractivity contribution in [3.05, 3.63) is 60.2 Å². The molecule has 1 aromatic carbocycles. The molecule has 2 N–H and O–H groups in total. The van der Waals surface area contributed by atoms with Crippen LogP contribution in [0.1, 0.15) is 11.5 Å². The van der Waals surface area contributed by atoms with E-state index in [0.29, 0.717) is 0 Å². The Bertz CT molecular complexity index is 432. The highest BCUT2D eigenvalue weighted by Gasteiger charge is 2.32. The molecule has 1 aromatic rings. The van der Waals surface area contributed by atoms with Crippen LogP contribution in [0.15, 0.2) is 54.6 Å². The van der Waals surface area contributed by atoms with Crippen LogP contribution in [0, 0.1) is 0 Å². The van der Waals surface area contributed by atoms with E-state index in [1.165, 1.54) is 12.2 Å². The summed E-state index contributed by atoms with van der Waals surface area (Å²) in [5, 5.41) is 18.4. The van der Waals surface area contributed by atoms with Crippen LogP contribution in [0.2, 0.25) is 0 Å². The van der Waals surface area contributed by atoms with Crippen molar-refractivity contribution in [1.29, 1.82) is 0 Å². The van der Waals surface area contributed by atoms with Crippen LogP contribution in [0.3, 0.4) is 0 Å². The number of aliphatic carboxylic acids is 1. The SMILES string of the molecule is O=C(O)C1(O)C=CC(c2ccccc2)C=C1. The van der Waals surface area contributed by atoms with E-state index >= 15 is 0 Å². The highest BCUT2D eigenvalue weighted by atomic mass is 16.4. The van der Waals surface area contributed by atoms with Crippen LogP contribution in [0.5, 0.6) is 0 Å². The minimum absolute atomic E-state index is 0.0285. The number of allylic oxidation sites excluding steroid dienone is 2. The number of carboxylic acid groups (broad SMARTS) is 1. The van der Waals surface area contributed by atoms with Gasteiger partial charge in [0.2, 0.25) is 0 Å². The first-order valence-electron chi connectivity index (χ1n) is 5.01. The first-order chi connectivity index (χ1) is 7.62. The summed E-state index contributed by atoms with van der Waals surface area (Å²) in [6.07, 6.45) is 6.02. The minimum atomic E-state index is -1.86. The van der Waals surface area contributed by atoms with E-state index in [0.717, 1.165) is 5.56 Å². The van der Waals surface area contributed by atoms with Crippen LogP contribution < -0.4 is 0 Å². The molecule has 0 radical (unpaired) electrons. The average molecular weight is 216 g/mol. The Morgan fingerprint density at radius 3 is 2.19 bits per heavy atom. The van der Waals surface area contributed by atoms with Gasteiger partial charge in [-0.1, -0.05) is 42.5 Å². The fourth-order valence-electron chi connectivity index (χ4n) is 1.66. The lowest BCUT2D eigenvalue weighted by molar-refractivity contribution is -0.149. The van der Waals surface area contributed by atoms with Gasteiger partial charge in [-0.3, -0.25) is 0 Å². The van der Waals surface area contributed by atoms with E-state index in [9.17, 15) is 9.90 Å². The predicted molar refractivity (Wildman–Crippen MR) is 60.0 cm³/mol. The number of aliphatic hydroxyl groups is 1. The van der Waals surface area contributed by atoms with Gasteiger partial charge in [0.1, 0.15) is 0 Å². The summed E-state index contributed by atoms with van der Waals surface area (Å²) in [6, 6.07) is 9.70. The Labute approximate surface area is 93.4 Å². The number of carboxylic acids is 1. The number of hydrogen-bond acceptors (Lipinski definition) is 2. The van der Waals surface area contributed by atoms with Gasteiger partial charge in [-0.25, -0.2) is 4.79 Å². The van der Waals surface area contributed by atoms with Crippen molar-refractivity contribution in [2.75, 3.05) is 0 Å². The monoisotopic (exact) mass is 216 g/mol. The molecule has 0 saturated carbocycles. The summed E-state index contributed by atoms with van der Waals surface area (Å²) in [7, 11) is 0. The molecule has 0 saturated heterocycles. The molecule has 1 aliphatic rings. The van der Waals surface area contributed by atoms with Gasteiger partial charge < -0.3 is 10.2 Å². The molecule has 0 amide bonds. The average Bonchev–Trinajstić information content (AvgIpc) is 2.31. The molecule has 82 valence electrons. The van der Waals surface area contributed by atoms with Gasteiger partial charge in [0, 0.05) is 5.92 Å². The minimum Gasteiger partial charge on any atom is -0.479 e. The molecular weight excluding hydrogens is 204 g/mol. The second-order valence-electron chi connectivity index (χ2n) is 3.79. The Hall–Kier alpha value is -1.87. The zero-order chi connectivity index (χ0) is 11.6. The lowest BCUT2D eigenvalue weighted by Crippen LogP contribution is -2.35.